The Morgan fingerprint density at radius 3 is 2.29 bits per heavy atom. The van der Waals surface area contributed by atoms with Crippen molar-refractivity contribution >= 4 is 58.2 Å². The van der Waals surface area contributed by atoms with E-state index in [-0.39, 0.29) is 24.3 Å². The molecule has 2 aromatic rings. The number of hydrogen-bond acceptors (Lipinski definition) is 3. The summed E-state index contributed by atoms with van der Waals surface area (Å²) >= 11 is 25.0. The molecule has 1 heterocycles. The second-order valence-corrected chi connectivity index (χ2v) is 11.0. The van der Waals surface area contributed by atoms with Crippen LogP contribution in [0.1, 0.15) is 30.4 Å². The summed E-state index contributed by atoms with van der Waals surface area (Å²) in [6.07, 6.45) is 2.47. The number of carbonyl (C=O) groups is 2. The topological polar surface area (TPSA) is 52.6 Å². The molecular formula is C25H27Cl4N3O2. The van der Waals surface area contributed by atoms with Gasteiger partial charge in [0.15, 0.2) is 0 Å². The maximum atomic E-state index is 13.6. The molecule has 1 saturated carbocycles. The highest BCUT2D eigenvalue weighted by Gasteiger charge is 2.53. The van der Waals surface area contributed by atoms with E-state index in [9.17, 15) is 9.59 Å². The summed E-state index contributed by atoms with van der Waals surface area (Å²) in [5.74, 6) is -0.352. The molecule has 5 nitrogen and oxygen atoms in total. The molecule has 34 heavy (non-hydrogen) atoms. The van der Waals surface area contributed by atoms with Crippen molar-refractivity contribution in [3.8, 4) is 0 Å². The van der Waals surface area contributed by atoms with Crippen LogP contribution in [-0.4, -0.2) is 60.9 Å². The highest BCUT2D eigenvalue weighted by Crippen LogP contribution is 2.51. The Hall–Kier alpha value is -1.50. The lowest BCUT2D eigenvalue weighted by Crippen LogP contribution is -2.53. The number of nitrogens with one attached hydrogen (secondary N) is 1. The second kappa shape index (κ2) is 10.2. The van der Waals surface area contributed by atoms with Gasteiger partial charge in [0.25, 0.3) is 0 Å². The molecule has 2 aromatic carbocycles. The standard InChI is InChI=1S/C25H27Cl4N3O2/c1-31-10-7-18(14-31)32(2)23(33)22(11-15-3-4-16(26)12-20(15)28)30-24(34)25(8-9-25)19-6-5-17(27)13-21(19)29/h3-6,12-13,18,22H,7-11,14H2,1-2H3,(H,30,34)/t18-,22+/m1/s1. The van der Waals surface area contributed by atoms with E-state index in [0.717, 1.165) is 30.6 Å². The number of nitrogens with zero attached hydrogens (tertiary/aromatic N) is 2. The fraction of sp³-hybridized carbons (Fsp3) is 0.440. The minimum atomic E-state index is -0.773. The van der Waals surface area contributed by atoms with E-state index in [2.05, 4.69) is 10.2 Å². The molecule has 9 heteroatoms. The van der Waals surface area contributed by atoms with E-state index in [1.807, 2.05) is 7.05 Å². The maximum Gasteiger partial charge on any atom is 0.245 e. The van der Waals surface area contributed by atoms with Gasteiger partial charge in [0.2, 0.25) is 11.8 Å². The van der Waals surface area contributed by atoms with Crippen LogP contribution in [-0.2, 0) is 21.4 Å². The molecule has 2 amide bonds. The average molecular weight is 543 g/mol. The SMILES string of the molecule is CN1CC[C@@H](N(C)C(=O)[C@H](Cc2ccc(Cl)cc2Cl)NC(=O)C2(c3ccc(Cl)cc3Cl)CC2)C1. The Labute approximate surface area is 220 Å². The van der Waals surface area contributed by atoms with E-state index < -0.39 is 11.5 Å². The first kappa shape index (κ1) is 25.6. The van der Waals surface area contributed by atoms with Crippen LogP contribution >= 0.6 is 46.4 Å². The van der Waals surface area contributed by atoms with Crippen molar-refractivity contribution in [2.24, 2.45) is 0 Å². The number of carbonyl (C=O) groups excluding carboxylic acids is 2. The van der Waals surface area contributed by atoms with Gasteiger partial charge in [-0.15, -0.1) is 0 Å². The van der Waals surface area contributed by atoms with Gasteiger partial charge in [0, 0.05) is 46.1 Å². The summed E-state index contributed by atoms with van der Waals surface area (Å²) in [7, 11) is 3.84. The average Bonchev–Trinajstić information content (AvgIpc) is 3.47. The minimum absolute atomic E-state index is 0.0955. The van der Waals surface area contributed by atoms with E-state index in [0.29, 0.717) is 32.9 Å². The van der Waals surface area contributed by atoms with Gasteiger partial charge in [-0.3, -0.25) is 9.59 Å². The Morgan fingerprint density at radius 2 is 1.74 bits per heavy atom. The predicted molar refractivity (Wildman–Crippen MR) is 138 cm³/mol. The third-order valence-corrected chi connectivity index (χ3v) is 8.07. The van der Waals surface area contributed by atoms with Crippen molar-refractivity contribution < 1.29 is 9.59 Å². The van der Waals surface area contributed by atoms with Gasteiger partial charge in [0.1, 0.15) is 6.04 Å². The maximum absolute atomic E-state index is 13.6. The number of rotatable bonds is 7. The molecule has 1 aliphatic heterocycles. The van der Waals surface area contributed by atoms with Gasteiger partial charge in [0.05, 0.1) is 5.41 Å². The van der Waals surface area contributed by atoms with Crippen molar-refractivity contribution in [1.29, 1.82) is 0 Å². The number of likely N-dealkylation sites (N-methyl/N-ethyl adjacent to an activating group) is 2. The van der Waals surface area contributed by atoms with Crippen LogP contribution in [0.2, 0.25) is 20.1 Å². The lowest BCUT2D eigenvalue weighted by atomic mass is 9.93. The molecule has 2 atom stereocenters. The van der Waals surface area contributed by atoms with Crippen LogP contribution in [0.3, 0.4) is 0 Å². The van der Waals surface area contributed by atoms with Crippen LogP contribution in [0.4, 0.5) is 0 Å². The van der Waals surface area contributed by atoms with E-state index in [1.165, 1.54) is 0 Å². The number of likely N-dealkylation sites (tertiary alicyclic amines) is 1. The zero-order valence-corrected chi connectivity index (χ0v) is 22.1. The summed E-state index contributed by atoms with van der Waals surface area (Å²) in [4.78, 5) is 31.2. The number of hydrogen-bond donors (Lipinski definition) is 1. The zero-order chi connectivity index (χ0) is 24.6. The molecule has 0 radical (unpaired) electrons. The highest BCUT2D eigenvalue weighted by atomic mass is 35.5. The van der Waals surface area contributed by atoms with Gasteiger partial charge in [-0.2, -0.15) is 0 Å². The first-order valence-corrected chi connectivity index (χ1v) is 12.8. The van der Waals surface area contributed by atoms with Gasteiger partial charge in [-0.05, 0) is 68.2 Å². The lowest BCUT2D eigenvalue weighted by molar-refractivity contribution is -0.137. The predicted octanol–water partition coefficient (Wildman–Crippen LogP) is 5.22. The van der Waals surface area contributed by atoms with Gasteiger partial charge < -0.3 is 15.1 Å². The Balaban J connectivity index is 1.59. The van der Waals surface area contributed by atoms with Crippen LogP contribution in [0.25, 0.3) is 0 Å². The summed E-state index contributed by atoms with van der Waals surface area (Å²) in [6.45, 7) is 1.73. The first-order chi connectivity index (χ1) is 16.1. The first-order valence-electron chi connectivity index (χ1n) is 11.3. The fourth-order valence-electron chi connectivity index (χ4n) is 4.68. The lowest BCUT2D eigenvalue weighted by Gasteiger charge is -2.30. The van der Waals surface area contributed by atoms with Crippen molar-refractivity contribution in [2.75, 3.05) is 27.2 Å². The van der Waals surface area contributed by atoms with Crippen molar-refractivity contribution in [1.82, 2.24) is 15.1 Å². The summed E-state index contributed by atoms with van der Waals surface area (Å²) < 4.78 is 0. The van der Waals surface area contributed by atoms with Crippen molar-refractivity contribution in [3.05, 3.63) is 67.6 Å². The molecule has 2 aliphatic rings. The minimum Gasteiger partial charge on any atom is -0.343 e. The van der Waals surface area contributed by atoms with Gasteiger partial charge >= 0.3 is 0 Å². The third kappa shape index (κ3) is 5.34. The second-order valence-electron chi connectivity index (χ2n) is 9.33. The van der Waals surface area contributed by atoms with Gasteiger partial charge in [-0.25, -0.2) is 0 Å². The quantitative estimate of drug-likeness (QED) is 0.521. The van der Waals surface area contributed by atoms with Crippen LogP contribution in [0.15, 0.2) is 36.4 Å². The molecule has 1 saturated heterocycles. The van der Waals surface area contributed by atoms with Crippen molar-refractivity contribution in [2.45, 2.75) is 43.2 Å². The molecule has 0 bridgehead atoms. The van der Waals surface area contributed by atoms with Crippen molar-refractivity contribution in [3.63, 3.8) is 0 Å². The molecule has 4 rings (SSSR count). The zero-order valence-electron chi connectivity index (χ0n) is 19.1. The van der Waals surface area contributed by atoms with Crippen LogP contribution in [0, 0.1) is 0 Å². The van der Waals surface area contributed by atoms with E-state index >= 15 is 0 Å². The van der Waals surface area contributed by atoms with Crippen LogP contribution in [0.5, 0.6) is 0 Å². The summed E-state index contributed by atoms with van der Waals surface area (Å²) in [5, 5.41) is 4.98. The van der Waals surface area contributed by atoms with Gasteiger partial charge in [-0.1, -0.05) is 58.5 Å². The molecule has 0 unspecified atom stereocenters. The third-order valence-electron chi connectivity index (χ3n) is 6.94. The molecule has 2 fully saturated rings. The molecule has 182 valence electrons. The molecule has 0 spiro atoms. The molecule has 1 N–H and O–H groups in total. The number of halogens is 4. The van der Waals surface area contributed by atoms with E-state index in [4.69, 9.17) is 46.4 Å². The Bertz CT molecular complexity index is 1110. The summed E-state index contributed by atoms with van der Waals surface area (Å²) in [5.41, 5.74) is 0.726. The summed E-state index contributed by atoms with van der Waals surface area (Å²) in [6, 6.07) is 9.67. The largest absolute Gasteiger partial charge is 0.343 e. The Kier molecular flexibility index (Phi) is 7.70. The normalized spacial score (nSPS) is 20.1. The highest BCUT2D eigenvalue weighted by molar-refractivity contribution is 6.35. The fourth-order valence-corrected chi connectivity index (χ4v) is 5.75. The molecule has 0 aromatic heterocycles. The monoisotopic (exact) mass is 541 g/mol. The number of benzene rings is 2. The van der Waals surface area contributed by atoms with E-state index in [1.54, 1.807) is 48.3 Å². The molecular weight excluding hydrogens is 516 g/mol. The Morgan fingerprint density at radius 1 is 1.09 bits per heavy atom. The smallest absolute Gasteiger partial charge is 0.245 e. The van der Waals surface area contributed by atoms with Crippen LogP contribution < -0.4 is 5.32 Å². The number of amides is 2. The molecule has 1 aliphatic carbocycles.